The fraction of sp³-hybridized carbons (Fsp3) is 0.889. The van der Waals surface area contributed by atoms with Gasteiger partial charge in [-0.3, -0.25) is 0 Å². The first kappa shape index (κ1) is 9.88. The summed E-state index contributed by atoms with van der Waals surface area (Å²) in [7, 11) is 0. The highest BCUT2D eigenvalue weighted by atomic mass is 32.2. The van der Waals surface area contributed by atoms with E-state index in [0.717, 1.165) is 13.0 Å². The van der Waals surface area contributed by atoms with Crippen LogP contribution in [0.15, 0.2) is 0 Å². The van der Waals surface area contributed by atoms with Crippen molar-refractivity contribution >= 4 is 11.8 Å². The molecule has 1 unspecified atom stereocenters. The van der Waals surface area contributed by atoms with E-state index >= 15 is 0 Å². The average molecular weight is 184 g/mol. The van der Waals surface area contributed by atoms with Gasteiger partial charge < -0.3 is 5.32 Å². The second-order valence-electron chi connectivity index (χ2n) is 3.36. The average Bonchev–Trinajstić information content (AvgIpc) is 2.87. The molecule has 0 aliphatic heterocycles. The zero-order chi connectivity index (χ0) is 9.03. The van der Waals surface area contributed by atoms with Crippen molar-refractivity contribution in [1.82, 2.24) is 5.32 Å². The van der Waals surface area contributed by atoms with Gasteiger partial charge in [-0.1, -0.05) is 6.92 Å². The number of hydrogen-bond donors (Lipinski definition) is 1. The van der Waals surface area contributed by atoms with E-state index in [2.05, 4.69) is 17.6 Å². The molecule has 12 heavy (non-hydrogen) atoms. The van der Waals surface area contributed by atoms with Crippen LogP contribution in [0.25, 0.3) is 0 Å². The van der Waals surface area contributed by atoms with Crippen molar-refractivity contribution in [2.45, 2.75) is 37.0 Å². The van der Waals surface area contributed by atoms with Crippen molar-refractivity contribution in [3.05, 3.63) is 0 Å². The fourth-order valence-electron chi connectivity index (χ4n) is 1.18. The molecule has 1 N–H and O–H groups in total. The third-order valence-corrected chi connectivity index (χ3v) is 3.89. The first-order chi connectivity index (χ1) is 5.76. The third kappa shape index (κ3) is 2.40. The molecule has 2 nitrogen and oxygen atoms in total. The molecule has 1 saturated carbocycles. The maximum Gasteiger partial charge on any atom is 0.0950 e. The van der Waals surface area contributed by atoms with Gasteiger partial charge in [-0.2, -0.15) is 17.0 Å². The lowest BCUT2D eigenvalue weighted by Crippen LogP contribution is -2.33. The predicted octanol–water partition coefficient (Wildman–Crippen LogP) is 1.77. The third-order valence-electron chi connectivity index (χ3n) is 2.48. The van der Waals surface area contributed by atoms with E-state index in [1.165, 1.54) is 12.8 Å². The van der Waals surface area contributed by atoms with Crippen molar-refractivity contribution in [2.75, 3.05) is 12.8 Å². The summed E-state index contributed by atoms with van der Waals surface area (Å²) in [6.07, 6.45) is 5.68. The molecule has 3 heteroatoms. The number of rotatable bonds is 5. The fourth-order valence-corrected chi connectivity index (χ4v) is 1.92. The SMILES string of the molecule is CCC(C#N)NCC1(SC)CC1. The molecule has 1 aliphatic carbocycles. The van der Waals surface area contributed by atoms with Crippen molar-refractivity contribution in [3.8, 4) is 6.07 Å². The molecule has 0 radical (unpaired) electrons. The summed E-state index contributed by atoms with van der Waals surface area (Å²) in [5, 5.41) is 12.0. The molecule has 0 heterocycles. The van der Waals surface area contributed by atoms with Crippen LogP contribution < -0.4 is 5.32 Å². The number of nitrogens with zero attached hydrogens (tertiary/aromatic N) is 1. The maximum atomic E-state index is 8.70. The van der Waals surface area contributed by atoms with Crippen LogP contribution in [0.2, 0.25) is 0 Å². The molecular weight excluding hydrogens is 168 g/mol. The summed E-state index contributed by atoms with van der Waals surface area (Å²) in [6.45, 7) is 3.04. The van der Waals surface area contributed by atoms with Crippen LogP contribution >= 0.6 is 11.8 Å². The summed E-state index contributed by atoms with van der Waals surface area (Å²) in [5.74, 6) is 0. The van der Waals surface area contributed by atoms with Crippen molar-refractivity contribution in [2.24, 2.45) is 0 Å². The highest BCUT2D eigenvalue weighted by Gasteiger charge is 2.41. The Morgan fingerprint density at radius 1 is 1.67 bits per heavy atom. The molecule has 0 aromatic rings. The number of thioether (sulfide) groups is 1. The van der Waals surface area contributed by atoms with Crippen LogP contribution in [0.3, 0.4) is 0 Å². The van der Waals surface area contributed by atoms with Gasteiger partial charge in [0, 0.05) is 11.3 Å². The Morgan fingerprint density at radius 3 is 2.67 bits per heavy atom. The van der Waals surface area contributed by atoms with Gasteiger partial charge >= 0.3 is 0 Å². The van der Waals surface area contributed by atoms with Gasteiger partial charge in [0.05, 0.1) is 12.1 Å². The van der Waals surface area contributed by atoms with Crippen LogP contribution in [0, 0.1) is 11.3 Å². The van der Waals surface area contributed by atoms with E-state index < -0.39 is 0 Å². The van der Waals surface area contributed by atoms with E-state index in [4.69, 9.17) is 5.26 Å². The van der Waals surface area contributed by atoms with Gasteiger partial charge in [0.15, 0.2) is 0 Å². The van der Waals surface area contributed by atoms with E-state index in [0.29, 0.717) is 4.75 Å². The molecule has 0 aromatic carbocycles. The summed E-state index contributed by atoms with van der Waals surface area (Å²) >= 11 is 1.93. The Labute approximate surface area is 78.7 Å². The largest absolute Gasteiger partial charge is 0.301 e. The number of hydrogen-bond acceptors (Lipinski definition) is 3. The molecule has 0 aromatic heterocycles. The zero-order valence-corrected chi connectivity index (χ0v) is 8.58. The molecule has 0 saturated heterocycles. The van der Waals surface area contributed by atoms with Crippen LogP contribution in [-0.4, -0.2) is 23.6 Å². The molecular formula is C9H16N2S. The van der Waals surface area contributed by atoms with E-state index in [-0.39, 0.29) is 6.04 Å². The molecule has 1 fully saturated rings. The molecule has 0 amide bonds. The summed E-state index contributed by atoms with van der Waals surface area (Å²) in [6, 6.07) is 2.31. The van der Waals surface area contributed by atoms with E-state index in [1.807, 2.05) is 18.7 Å². The molecule has 1 rings (SSSR count). The minimum atomic E-state index is 0.0506. The van der Waals surface area contributed by atoms with Gasteiger partial charge in [-0.15, -0.1) is 0 Å². The minimum Gasteiger partial charge on any atom is -0.301 e. The topological polar surface area (TPSA) is 35.8 Å². The lowest BCUT2D eigenvalue weighted by molar-refractivity contribution is 0.575. The number of nitrogens with one attached hydrogen (secondary N) is 1. The summed E-state index contributed by atoms with van der Waals surface area (Å²) in [5.41, 5.74) is 0. The van der Waals surface area contributed by atoms with E-state index in [1.54, 1.807) is 0 Å². The Balaban J connectivity index is 2.21. The summed E-state index contributed by atoms with van der Waals surface area (Å²) in [4.78, 5) is 0. The van der Waals surface area contributed by atoms with Crippen molar-refractivity contribution in [1.29, 1.82) is 5.26 Å². The monoisotopic (exact) mass is 184 g/mol. The molecule has 1 aliphatic rings. The quantitative estimate of drug-likeness (QED) is 0.707. The lowest BCUT2D eigenvalue weighted by Gasteiger charge is -2.15. The van der Waals surface area contributed by atoms with E-state index in [9.17, 15) is 0 Å². The second kappa shape index (κ2) is 4.15. The summed E-state index contributed by atoms with van der Waals surface area (Å²) < 4.78 is 0.476. The van der Waals surface area contributed by atoms with Crippen LogP contribution in [0.4, 0.5) is 0 Å². The minimum absolute atomic E-state index is 0.0506. The Bertz CT molecular complexity index is 181. The van der Waals surface area contributed by atoms with Gasteiger partial charge in [0.2, 0.25) is 0 Å². The van der Waals surface area contributed by atoms with Gasteiger partial charge in [0.1, 0.15) is 0 Å². The van der Waals surface area contributed by atoms with Crippen LogP contribution in [-0.2, 0) is 0 Å². The maximum absolute atomic E-state index is 8.70. The first-order valence-corrected chi connectivity index (χ1v) is 5.67. The first-order valence-electron chi connectivity index (χ1n) is 4.44. The second-order valence-corrected chi connectivity index (χ2v) is 4.63. The molecule has 0 bridgehead atoms. The van der Waals surface area contributed by atoms with Gasteiger partial charge in [-0.25, -0.2) is 0 Å². The standard InChI is InChI=1S/C9H16N2S/c1-3-8(6-10)11-7-9(12-2)4-5-9/h8,11H,3-5,7H2,1-2H3. The lowest BCUT2D eigenvalue weighted by atomic mass is 10.2. The predicted molar refractivity (Wildman–Crippen MR) is 53.2 cm³/mol. The molecule has 68 valence electrons. The van der Waals surface area contributed by atoms with Crippen molar-refractivity contribution < 1.29 is 0 Å². The van der Waals surface area contributed by atoms with Crippen LogP contribution in [0.5, 0.6) is 0 Å². The van der Waals surface area contributed by atoms with Gasteiger partial charge in [-0.05, 0) is 25.5 Å². The smallest absolute Gasteiger partial charge is 0.0950 e. The van der Waals surface area contributed by atoms with Gasteiger partial charge in [0.25, 0.3) is 0 Å². The molecule has 1 atom stereocenters. The number of nitriles is 1. The highest BCUT2D eigenvalue weighted by molar-refractivity contribution is 8.00. The Kier molecular flexibility index (Phi) is 3.42. The Hall–Kier alpha value is -0.200. The van der Waals surface area contributed by atoms with Crippen LogP contribution in [0.1, 0.15) is 26.2 Å². The normalized spacial score (nSPS) is 21.4. The molecule has 0 spiro atoms. The zero-order valence-electron chi connectivity index (χ0n) is 7.76. The highest BCUT2D eigenvalue weighted by Crippen LogP contribution is 2.46. The Morgan fingerprint density at radius 2 is 2.33 bits per heavy atom. The van der Waals surface area contributed by atoms with Crippen molar-refractivity contribution in [3.63, 3.8) is 0 Å².